The third-order valence-electron chi connectivity index (χ3n) is 3.48. The van der Waals surface area contributed by atoms with E-state index in [1.54, 1.807) is 14.2 Å². The van der Waals surface area contributed by atoms with Crippen LogP contribution in [-0.2, 0) is 4.74 Å². The molecule has 0 aromatic heterocycles. The number of rotatable bonds is 11. The number of nitrogens with zero attached hydrogens (tertiary/aromatic N) is 2. The number of methoxy groups -OCH3 is 1. The Kier molecular flexibility index (Phi) is 11.4. The summed E-state index contributed by atoms with van der Waals surface area (Å²) in [5.41, 5.74) is -0.184. The van der Waals surface area contributed by atoms with Gasteiger partial charge in [0.1, 0.15) is 0 Å². The Hall–Kier alpha value is -0.810. The summed E-state index contributed by atoms with van der Waals surface area (Å²) in [4.78, 5) is 6.77. The number of guanidine groups is 1. The molecule has 0 atom stereocenters. The van der Waals surface area contributed by atoms with Crippen LogP contribution in [0.1, 0.15) is 47.0 Å². The molecular weight excluding hydrogens is 264 g/mol. The van der Waals surface area contributed by atoms with E-state index in [9.17, 15) is 0 Å². The van der Waals surface area contributed by atoms with Crippen molar-refractivity contribution < 1.29 is 4.74 Å². The van der Waals surface area contributed by atoms with Crippen LogP contribution < -0.4 is 10.6 Å². The summed E-state index contributed by atoms with van der Waals surface area (Å²) in [6.07, 6.45) is 3.58. The molecule has 0 radical (unpaired) electrons. The average Bonchev–Trinajstić information content (AvgIpc) is 2.47. The second kappa shape index (κ2) is 11.8. The van der Waals surface area contributed by atoms with Gasteiger partial charge in [0.2, 0.25) is 0 Å². The van der Waals surface area contributed by atoms with Crippen LogP contribution in [0.4, 0.5) is 0 Å². The first-order valence-electron chi connectivity index (χ1n) is 8.21. The third kappa shape index (κ3) is 10.5. The third-order valence-corrected chi connectivity index (χ3v) is 3.48. The van der Waals surface area contributed by atoms with Gasteiger partial charge < -0.3 is 20.3 Å². The zero-order chi connectivity index (χ0) is 16.1. The zero-order valence-corrected chi connectivity index (χ0v) is 15.0. The molecule has 126 valence electrons. The molecule has 0 saturated carbocycles. The second-order valence-electron chi connectivity index (χ2n) is 6.01. The molecule has 2 N–H and O–H groups in total. The fraction of sp³-hybridized carbons (Fsp3) is 0.938. The summed E-state index contributed by atoms with van der Waals surface area (Å²) in [5.74, 6) is 0.845. The van der Waals surface area contributed by atoms with Crippen LogP contribution in [0.25, 0.3) is 0 Å². The first kappa shape index (κ1) is 20.2. The van der Waals surface area contributed by atoms with E-state index in [2.05, 4.69) is 48.2 Å². The Labute approximate surface area is 131 Å². The minimum absolute atomic E-state index is 0.184. The Morgan fingerprint density at radius 1 is 1.10 bits per heavy atom. The van der Waals surface area contributed by atoms with E-state index in [0.29, 0.717) is 0 Å². The lowest BCUT2D eigenvalue weighted by atomic mass is 10.1. The zero-order valence-electron chi connectivity index (χ0n) is 15.0. The lowest BCUT2D eigenvalue weighted by Crippen LogP contribution is -2.45. The van der Waals surface area contributed by atoms with E-state index < -0.39 is 0 Å². The van der Waals surface area contributed by atoms with Crippen LogP contribution in [0.3, 0.4) is 0 Å². The van der Waals surface area contributed by atoms with Crippen LogP contribution in [0, 0.1) is 0 Å². The van der Waals surface area contributed by atoms with Crippen molar-refractivity contribution in [2.75, 3.05) is 46.9 Å². The molecule has 0 saturated heterocycles. The van der Waals surface area contributed by atoms with Gasteiger partial charge in [-0.2, -0.15) is 0 Å². The van der Waals surface area contributed by atoms with Crippen molar-refractivity contribution in [3.63, 3.8) is 0 Å². The van der Waals surface area contributed by atoms with Crippen molar-refractivity contribution in [2.24, 2.45) is 4.99 Å². The summed E-state index contributed by atoms with van der Waals surface area (Å²) in [6.45, 7) is 13.8. The highest BCUT2D eigenvalue weighted by Gasteiger charge is 2.16. The fourth-order valence-corrected chi connectivity index (χ4v) is 2.07. The molecule has 0 aliphatic rings. The normalized spacial score (nSPS) is 12.8. The monoisotopic (exact) mass is 300 g/mol. The lowest BCUT2D eigenvalue weighted by molar-refractivity contribution is 0.0268. The standard InChI is InChI=1S/C16H36N4O/c1-7-11-20(12-8-2)13-9-10-18-15(17-5)19-14-16(3,4)21-6/h7-14H2,1-6H3,(H2,17,18,19). The molecule has 0 spiro atoms. The predicted molar refractivity (Wildman–Crippen MR) is 92.1 cm³/mol. The smallest absolute Gasteiger partial charge is 0.191 e. The molecule has 0 heterocycles. The maximum absolute atomic E-state index is 5.39. The highest BCUT2D eigenvalue weighted by atomic mass is 16.5. The van der Waals surface area contributed by atoms with Crippen LogP contribution in [-0.4, -0.2) is 63.3 Å². The van der Waals surface area contributed by atoms with Gasteiger partial charge in [0.05, 0.1) is 5.60 Å². The minimum atomic E-state index is -0.184. The van der Waals surface area contributed by atoms with Gasteiger partial charge in [-0.3, -0.25) is 4.99 Å². The molecule has 0 fully saturated rings. The summed E-state index contributed by atoms with van der Waals surface area (Å²) < 4.78 is 5.39. The maximum atomic E-state index is 5.39. The Morgan fingerprint density at radius 2 is 1.71 bits per heavy atom. The second-order valence-corrected chi connectivity index (χ2v) is 6.01. The number of ether oxygens (including phenoxy) is 1. The topological polar surface area (TPSA) is 48.9 Å². The number of aliphatic imine (C=N–C) groups is 1. The van der Waals surface area contributed by atoms with Gasteiger partial charge in [-0.1, -0.05) is 13.8 Å². The van der Waals surface area contributed by atoms with Gasteiger partial charge in [-0.05, 0) is 52.7 Å². The molecule has 0 unspecified atom stereocenters. The van der Waals surface area contributed by atoms with Crippen molar-refractivity contribution in [3.8, 4) is 0 Å². The molecule has 0 bridgehead atoms. The molecule has 0 rings (SSSR count). The predicted octanol–water partition coefficient (Wildman–Crippen LogP) is 2.09. The molecule has 5 heteroatoms. The largest absolute Gasteiger partial charge is 0.377 e. The molecule has 0 aromatic carbocycles. The van der Waals surface area contributed by atoms with Crippen molar-refractivity contribution in [3.05, 3.63) is 0 Å². The van der Waals surface area contributed by atoms with Gasteiger partial charge in [-0.15, -0.1) is 0 Å². The van der Waals surface area contributed by atoms with Gasteiger partial charge in [0, 0.05) is 27.2 Å². The van der Waals surface area contributed by atoms with E-state index in [-0.39, 0.29) is 5.60 Å². The van der Waals surface area contributed by atoms with E-state index in [0.717, 1.165) is 32.0 Å². The van der Waals surface area contributed by atoms with Gasteiger partial charge in [0.25, 0.3) is 0 Å². The summed E-state index contributed by atoms with van der Waals surface area (Å²) in [7, 11) is 3.53. The minimum Gasteiger partial charge on any atom is -0.377 e. The Bertz CT molecular complexity index is 273. The van der Waals surface area contributed by atoms with Gasteiger partial charge in [-0.25, -0.2) is 0 Å². The van der Waals surface area contributed by atoms with E-state index in [1.165, 1.54) is 25.9 Å². The van der Waals surface area contributed by atoms with Crippen molar-refractivity contribution in [2.45, 2.75) is 52.6 Å². The average molecular weight is 300 g/mol. The van der Waals surface area contributed by atoms with E-state index in [4.69, 9.17) is 4.74 Å². The number of hydrogen-bond acceptors (Lipinski definition) is 3. The molecule has 0 aliphatic carbocycles. The quantitative estimate of drug-likeness (QED) is 0.348. The summed E-state index contributed by atoms with van der Waals surface area (Å²) in [5, 5.41) is 6.66. The van der Waals surface area contributed by atoms with E-state index >= 15 is 0 Å². The van der Waals surface area contributed by atoms with Crippen LogP contribution in [0.5, 0.6) is 0 Å². The Balaban J connectivity index is 3.91. The van der Waals surface area contributed by atoms with Gasteiger partial charge in [0.15, 0.2) is 5.96 Å². The summed E-state index contributed by atoms with van der Waals surface area (Å²) in [6, 6.07) is 0. The maximum Gasteiger partial charge on any atom is 0.191 e. The Morgan fingerprint density at radius 3 is 2.19 bits per heavy atom. The number of hydrogen-bond donors (Lipinski definition) is 2. The first-order valence-corrected chi connectivity index (χ1v) is 8.21. The van der Waals surface area contributed by atoms with Crippen LogP contribution in [0.2, 0.25) is 0 Å². The van der Waals surface area contributed by atoms with Crippen molar-refractivity contribution >= 4 is 5.96 Å². The van der Waals surface area contributed by atoms with Crippen LogP contribution in [0.15, 0.2) is 4.99 Å². The first-order chi connectivity index (χ1) is 9.99. The molecule has 0 amide bonds. The molecule has 5 nitrogen and oxygen atoms in total. The lowest BCUT2D eigenvalue weighted by Gasteiger charge is -2.25. The van der Waals surface area contributed by atoms with Gasteiger partial charge >= 0.3 is 0 Å². The van der Waals surface area contributed by atoms with Crippen molar-refractivity contribution in [1.29, 1.82) is 0 Å². The van der Waals surface area contributed by atoms with E-state index in [1.807, 2.05) is 0 Å². The molecular formula is C16H36N4O. The fourth-order valence-electron chi connectivity index (χ4n) is 2.07. The van der Waals surface area contributed by atoms with Crippen molar-refractivity contribution in [1.82, 2.24) is 15.5 Å². The number of nitrogens with one attached hydrogen (secondary N) is 2. The molecule has 21 heavy (non-hydrogen) atoms. The molecule has 0 aliphatic heterocycles. The highest BCUT2D eigenvalue weighted by Crippen LogP contribution is 2.04. The highest BCUT2D eigenvalue weighted by molar-refractivity contribution is 5.79. The SMILES string of the molecule is CCCN(CCC)CCCNC(=NC)NCC(C)(C)OC. The van der Waals surface area contributed by atoms with Crippen LogP contribution >= 0.6 is 0 Å². The molecule has 0 aromatic rings. The summed E-state index contributed by atoms with van der Waals surface area (Å²) >= 11 is 0.